The van der Waals surface area contributed by atoms with Gasteiger partial charge in [0.05, 0.1) is 11.8 Å². The van der Waals surface area contributed by atoms with Crippen LogP contribution in [0.25, 0.3) is 0 Å². The van der Waals surface area contributed by atoms with Crippen LogP contribution >= 0.6 is 0 Å². The van der Waals surface area contributed by atoms with E-state index in [1.165, 1.54) is 0 Å². The summed E-state index contributed by atoms with van der Waals surface area (Å²) in [6.45, 7) is 2.02. The zero-order chi connectivity index (χ0) is 13.2. The highest BCUT2D eigenvalue weighted by Crippen LogP contribution is 2.32. The van der Waals surface area contributed by atoms with Crippen LogP contribution in [-0.2, 0) is 9.84 Å². The highest BCUT2D eigenvalue weighted by atomic mass is 32.2. The molecular weight excluding hydrogens is 254 g/mol. The molecular formula is C11H19N3O3S. The van der Waals surface area contributed by atoms with Crippen LogP contribution in [0.4, 0.5) is 0 Å². The van der Waals surface area contributed by atoms with Crippen LogP contribution in [0.2, 0.25) is 0 Å². The van der Waals surface area contributed by atoms with Crippen molar-refractivity contribution in [2.24, 2.45) is 5.73 Å². The number of aromatic nitrogens is 2. The molecule has 2 unspecified atom stereocenters. The Bertz CT molecular complexity index is 497. The second-order valence-corrected chi connectivity index (χ2v) is 7.04. The first-order valence-electron chi connectivity index (χ1n) is 6.35. The van der Waals surface area contributed by atoms with Crippen molar-refractivity contribution in [3.05, 3.63) is 11.7 Å². The minimum absolute atomic E-state index is 0.205. The van der Waals surface area contributed by atoms with Crippen molar-refractivity contribution >= 4 is 9.84 Å². The first-order valence-corrected chi connectivity index (χ1v) is 8.06. The number of sulfone groups is 1. The van der Waals surface area contributed by atoms with E-state index in [9.17, 15) is 8.42 Å². The van der Waals surface area contributed by atoms with E-state index in [4.69, 9.17) is 10.3 Å². The average molecular weight is 273 g/mol. The number of nitrogens with zero attached hydrogens (tertiary/aromatic N) is 2. The van der Waals surface area contributed by atoms with E-state index in [2.05, 4.69) is 10.1 Å². The second kappa shape index (κ2) is 5.36. The van der Waals surface area contributed by atoms with Gasteiger partial charge in [0.15, 0.2) is 15.7 Å². The molecule has 0 spiro atoms. The molecule has 2 heterocycles. The van der Waals surface area contributed by atoms with Crippen molar-refractivity contribution in [1.82, 2.24) is 10.1 Å². The van der Waals surface area contributed by atoms with Gasteiger partial charge in [-0.1, -0.05) is 24.9 Å². The molecule has 1 fully saturated rings. The fourth-order valence-electron chi connectivity index (χ4n) is 2.20. The summed E-state index contributed by atoms with van der Waals surface area (Å²) in [6.07, 6.45) is 3.84. The van der Waals surface area contributed by atoms with Gasteiger partial charge >= 0.3 is 0 Å². The second-order valence-electron chi connectivity index (χ2n) is 4.74. The highest BCUT2D eigenvalue weighted by molar-refractivity contribution is 7.91. The summed E-state index contributed by atoms with van der Waals surface area (Å²) in [5.74, 6) is 0.819. The van der Waals surface area contributed by atoms with E-state index in [0.29, 0.717) is 12.2 Å². The van der Waals surface area contributed by atoms with E-state index in [0.717, 1.165) is 25.7 Å². The Balaban J connectivity index is 2.19. The molecule has 0 bridgehead atoms. The van der Waals surface area contributed by atoms with Crippen LogP contribution in [0, 0.1) is 0 Å². The van der Waals surface area contributed by atoms with Crippen LogP contribution in [0.5, 0.6) is 0 Å². The molecule has 1 aliphatic rings. The molecule has 2 atom stereocenters. The van der Waals surface area contributed by atoms with Gasteiger partial charge in [-0.05, 0) is 19.3 Å². The molecule has 0 aromatic carbocycles. The Morgan fingerprint density at radius 3 is 2.94 bits per heavy atom. The lowest BCUT2D eigenvalue weighted by Gasteiger charge is -2.18. The molecule has 2 N–H and O–H groups in total. The van der Waals surface area contributed by atoms with Gasteiger partial charge in [-0.25, -0.2) is 8.42 Å². The SMILES string of the molecule is CCCC(N)c1noc(C2CCCCS2(=O)=O)n1. The van der Waals surface area contributed by atoms with Crippen LogP contribution < -0.4 is 5.73 Å². The number of hydrogen-bond acceptors (Lipinski definition) is 6. The molecule has 1 aromatic heterocycles. The fourth-order valence-corrected chi connectivity index (χ4v) is 4.02. The number of nitrogens with two attached hydrogens (primary N) is 1. The highest BCUT2D eigenvalue weighted by Gasteiger charge is 2.35. The Morgan fingerprint density at radius 1 is 1.50 bits per heavy atom. The lowest BCUT2D eigenvalue weighted by atomic mass is 10.1. The Hall–Kier alpha value is -0.950. The topological polar surface area (TPSA) is 99.1 Å². The van der Waals surface area contributed by atoms with Crippen molar-refractivity contribution in [1.29, 1.82) is 0 Å². The molecule has 0 amide bonds. The maximum absolute atomic E-state index is 11.9. The zero-order valence-corrected chi connectivity index (χ0v) is 11.3. The molecule has 18 heavy (non-hydrogen) atoms. The third-order valence-corrected chi connectivity index (χ3v) is 5.40. The maximum atomic E-state index is 11.9. The smallest absolute Gasteiger partial charge is 0.245 e. The molecule has 1 aromatic rings. The van der Waals surface area contributed by atoms with Gasteiger partial charge < -0.3 is 10.3 Å². The summed E-state index contributed by atoms with van der Waals surface area (Å²) < 4.78 is 28.9. The molecule has 1 aliphatic heterocycles. The Kier molecular flexibility index (Phi) is 4.01. The first kappa shape index (κ1) is 13.5. The molecule has 7 heteroatoms. The van der Waals surface area contributed by atoms with Crippen molar-refractivity contribution in [2.45, 2.75) is 50.3 Å². The predicted octanol–water partition coefficient (Wildman–Crippen LogP) is 1.51. The molecule has 102 valence electrons. The summed E-state index contributed by atoms with van der Waals surface area (Å²) >= 11 is 0. The minimum Gasteiger partial charge on any atom is -0.338 e. The van der Waals surface area contributed by atoms with Crippen molar-refractivity contribution < 1.29 is 12.9 Å². The lowest BCUT2D eigenvalue weighted by Crippen LogP contribution is -2.22. The van der Waals surface area contributed by atoms with E-state index in [1.54, 1.807) is 0 Å². The zero-order valence-electron chi connectivity index (χ0n) is 10.5. The standard InChI is InChI=1S/C11H19N3O3S/c1-2-5-8(12)10-13-11(17-14-10)9-6-3-4-7-18(9,15)16/h8-9H,2-7,12H2,1H3. The summed E-state index contributed by atoms with van der Waals surface area (Å²) in [5.41, 5.74) is 5.88. The van der Waals surface area contributed by atoms with Crippen molar-refractivity contribution in [3.63, 3.8) is 0 Å². The predicted molar refractivity (Wildman–Crippen MR) is 66.5 cm³/mol. The first-order chi connectivity index (χ1) is 8.54. The summed E-state index contributed by atoms with van der Waals surface area (Å²) in [7, 11) is -3.14. The van der Waals surface area contributed by atoms with Gasteiger partial charge in [0.2, 0.25) is 5.89 Å². The average Bonchev–Trinajstić information content (AvgIpc) is 2.78. The number of rotatable bonds is 4. The summed E-state index contributed by atoms with van der Waals surface area (Å²) in [5, 5.41) is 3.16. The van der Waals surface area contributed by atoms with E-state index >= 15 is 0 Å². The Labute approximate surface area is 107 Å². The van der Waals surface area contributed by atoms with Crippen molar-refractivity contribution in [3.8, 4) is 0 Å². The maximum Gasteiger partial charge on any atom is 0.245 e. The quantitative estimate of drug-likeness (QED) is 0.892. The van der Waals surface area contributed by atoms with Crippen LogP contribution in [-0.4, -0.2) is 24.3 Å². The summed E-state index contributed by atoms with van der Waals surface area (Å²) in [4.78, 5) is 4.17. The molecule has 6 nitrogen and oxygen atoms in total. The van der Waals surface area contributed by atoms with E-state index in [1.807, 2.05) is 6.92 Å². The van der Waals surface area contributed by atoms with Gasteiger partial charge in [0.25, 0.3) is 0 Å². The van der Waals surface area contributed by atoms with Gasteiger partial charge in [-0.3, -0.25) is 0 Å². The normalized spacial score (nSPS) is 24.9. The molecule has 0 aliphatic carbocycles. The molecule has 0 radical (unpaired) electrons. The minimum atomic E-state index is -3.14. The largest absolute Gasteiger partial charge is 0.338 e. The monoisotopic (exact) mass is 273 g/mol. The van der Waals surface area contributed by atoms with Crippen molar-refractivity contribution in [2.75, 3.05) is 5.75 Å². The van der Waals surface area contributed by atoms with Crippen LogP contribution in [0.3, 0.4) is 0 Å². The Morgan fingerprint density at radius 2 is 2.28 bits per heavy atom. The molecule has 2 rings (SSSR count). The van der Waals surface area contributed by atoms with Crippen LogP contribution in [0.1, 0.15) is 62.0 Å². The van der Waals surface area contributed by atoms with Gasteiger partial charge in [0, 0.05) is 0 Å². The van der Waals surface area contributed by atoms with E-state index in [-0.39, 0.29) is 17.7 Å². The van der Waals surface area contributed by atoms with Gasteiger partial charge in [0.1, 0.15) is 5.25 Å². The summed E-state index contributed by atoms with van der Waals surface area (Å²) in [6, 6.07) is -0.279. The lowest BCUT2D eigenvalue weighted by molar-refractivity contribution is 0.355. The van der Waals surface area contributed by atoms with E-state index < -0.39 is 15.1 Å². The van der Waals surface area contributed by atoms with Gasteiger partial charge in [-0.2, -0.15) is 4.98 Å². The number of hydrogen-bond donors (Lipinski definition) is 1. The molecule has 1 saturated heterocycles. The fraction of sp³-hybridized carbons (Fsp3) is 0.818. The molecule has 0 saturated carbocycles. The van der Waals surface area contributed by atoms with Gasteiger partial charge in [-0.15, -0.1) is 0 Å². The third kappa shape index (κ3) is 2.72. The van der Waals surface area contributed by atoms with Crippen LogP contribution in [0.15, 0.2) is 4.52 Å². The third-order valence-electron chi connectivity index (χ3n) is 3.24.